The number of halogens is 6. The molecule has 0 bridgehead atoms. The normalized spacial score (nSPS) is 14.4. The number of para-hydroxylation sites is 3. The first-order valence-electron chi connectivity index (χ1n) is 19.8. The molecule has 0 unspecified atom stereocenters. The van der Waals surface area contributed by atoms with E-state index >= 15 is 0 Å². The molecule has 0 aromatic heterocycles. The molecule has 2 aromatic rings. The van der Waals surface area contributed by atoms with Crippen LogP contribution in [0.25, 0.3) is 0 Å². The Morgan fingerprint density at radius 1 is 0.821 bits per heavy atom. The number of piperidine rings is 1. The average molecular weight is 962 g/mol. The van der Waals surface area contributed by atoms with E-state index < -0.39 is 60.0 Å². The Hall–Kier alpha value is -7.36. The van der Waals surface area contributed by atoms with E-state index in [0.29, 0.717) is 55.0 Å². The lowest BCUT2D eigenvalue weighted by Gasteiger charge is -2.33. The lowest BCUT2D eigenvalue weighted by Crippen LogP contribution is -2.54. The van der Waals surface area contributed by atoms with Crippen molar-refractivity contribution in [3.05, 3.63) is 54.1 Å². The molecule has 368 valence electrons. The number of amides is 7. The minimum atomic E-state index is -5.08. The molecule has 2 atom stereocenters. The number of hydrogen-bond donors (Lipinski definition) is 10. The number of carboxylic acids is 2. The summed E-state index contributed by atoms with van der Waals surface area (Å²) in [5.74, 6) is -8.91. The van der Waals surface area contributed by atoms with E-state index in [2.05, 4.69) is 36.9 Å². The predicted molar refractivity (Wildman–Crippen MR) is 224 cm³/mol. The largest absolute Gasteiger partial charge is 0.490 e. The van der Waals surface area contributed by atoms with Gasteiger partial charge in [0.2, 0.25) is 35.4 Å². The van der Waals surface area contributed by atoms with Crippen LogP contribution >= 0.6 is 0 Å². The van der Waals surface area contributed by atoms with Crippen LogP contribution in [0.1, 0.15) is 49.9 Å². The molecule has 28 heteroatoms. The number of rotatable bonds is 15. The van der Waals surface area contributed by atoms with Crippen LogP contribution in [0.2, 0.25) is 0 Å². The number of fused-ring (bicyclic) bond motifs is 2. The Labute approximate surface area is 377 Å². The summed E-state index contributed by atoms with van der Waals surface area (Å²) in [6, 6.07) is 11.9. The van der Waals surface area contributed by atoms with Crippen LogP contribution in [0.3, 0.4) is 0 Å². The third kappa shape index (κ3) is 19.7. The minimum Gasteiger partial charge on any atom is -0.475 e. The Morgan fingerprint density at radius 2 is 1.36 bits per heavy atom. The molecule has 1 fully saturated rings. The monoisotopic (exact) mass is 961 g/mol. The van der Waals surface area contributed by atoms with Gasteiger partial charge in [-0.3, -0.25) is 59.0 Å². The maximum atomic E-state index is 13.7. The number of aliphatic carboxylic acids is 2. The zero-order chi connectivity index (χ0) is 50.6. The van der Waals surface area contributed by atoms with Crippen molar-refractivity contribution in [1.29, 1.82) is 0 Å². The number of likely N-dealkylation sites (tertiary alicyclic amines) is 1. The third-order valence-electron chi connectivity index (χ3n) is 9.05. The first-order chi connectivity index (χ1) is 31.2. The number of nitrogens with one attached hydrogen (secondary N) is 6. The van der Waals surface area contributed by atoms with Gasteiger partial charge >= 0.3 is 24.3 Å². The number of carboxylic acid groups (broad SMARTS) is 2. The van der Waals surface area contributed by atoms with Gasteiger partial charge in [0.25, 0.3) is 5.91 Å². The van der Waals surface area contributed by atoms with Crippen molar-refractivity contribution >= 4 is 76.3 Å². The molecule has 1 saturated heterocycles. The quantitative estimate of drug-likeness (QED) is 0.0489. The summed E-state index contributed by atoms with van der Waals surface area (Å²) in [6.45, 7) is 3.67. The molecule has 22 nitrogen and oxygen atoms in total. The number of anilines is 3. The van der Waals surface area contributed by atoms with Crippen molar-refractivity contribution in [2.45, 2.75) is 70.0 Å². The number of hydrogen-bond acceptors (Lipinski definition) is 12. The van der Waals surface area contributed by atoms with E-state index in [1.807, 2.05) is 11.0 Å². The van der Waals surface area contributed by atoms with Gasteiger partial charge in [0.15, 0.2) is 5.96 Å². The van der Waals surface area contributed by atoms with Gasteiger partial charge in [0, 0.05) is 32.6 Å². The maximum Gasteiger partial charge on any atom is 0.490 e. The summed E-state index contributed by atoms with van der Waals surface area (Å²) >= 11 is 0. The number of imide groups is 1. The first-order valence-corrected chi connectivity index (χ1v) is 19.8. The molecule has 0 aliphatic carbocycles. The fourth-order valence-corrected chi connectivity index (χ4v) is 5.98. The number of nitrogens with zero attached hydrogens (tertiary/aromatic N) is 3. The second-order valence-corrected chi connectivity index (χ2v) is 14.4. The highest BCUT2D eigenvalue weighted by Gasteiger charge is 2.39. The van der Waals surface area contributed by atoms with Crippen molar-refractivity contribution in [1.82, 2.24) is 31.5 Å². The van der Waals surface area contributed by atoms with E-state index in [9.17, 15) is 59.9 Å². The maximum absolute atomic E-state index is 13.7. The number of guanidine groups is 1. The highest BCUT2D eigenvalue weighted by atomic mass is 19.4. The van der Waals surface area contributed by atoms with E-state index in [-0.39, 0.29) is 62.3 Å². The summed E-state index contributed by atoms with van der Waals surface area (Å²) in [7, 11) is 0. The van der Waals surface area contributed by atoms with Crippen LogP contribution in [0, 0.1) is 0 Å². The Morgan fingerprint density at radius 3 is 1.91 bits per heavy atom. The van der Waals surface area contributed by atoms with E-state index in [4.69, 9.17) is 31.3 Å². The third-order valence-corrected chi connectivity index (χ3v) is 9.05. The molecule has 4 rings (SSSR count). The molecule has 2 aromatic carbocycles. The zero-order valence-corrected chi connectivity index (χ0v) is 35.8. The van der Waals surface area contributed by atoms with Gasteiger partial charge in [-0.1, -0.05) is 24.3 Å². The summed E-state index contributed by atoms with van der Waals surface area (Å²) in [6.07, 6.45) is -8.47. The number of alkyl halides is 6. The summed E-state index contributed by atoms with van der Waals surface area (Å²) in [5.41, 5.74) is 12.7. The molecule has 0 spiro atoms. The number of aliphatic imine (C=N–C) groups is 1. The van der Waals surface area contributed by atoms with E-state index in [1.54, 1.807) is 47.4 Å². The lowest BCUT2D eigenvalue weighted by atomic mass is 10.0. The van der Waals surface area contributed by atoms with Gasteiger partial charge in [-0.15, -0.1) is 0 Å². The van der Waals surface area contributed by atoms with Gasteiger partial charge in [-0.05, 0) is 56.9 Å². The highest BCUT2D eigenvalue weighted by Crippen LogP contribution is 2.38. The summed E-state index contributed by atoms with van der Waals surface area (Å²) in [4.78, 5) is 113. The van der Waals surface area contributed by atoms with Crippen LogP contribution in [0.4, 0.5) is 43.4 Å². The van der Waals surface area contributed by atoms with Gasteiger partial charge in [-0.25, -0.2) is 9.59 Å². The van der Waals surface area contributed by atoms with Crippen LogP contribution in [-0.4, -0.2) is 144 Å². The fraction of sp³-hybridized carbons (Fsp3) is 0.436. The van der Waals surface area contributed by atoms with E-state index in [1.165, 1.54) is 13.8 Å². The molecule has 0 radical (unpaired) electrons. The molecular formula is C39H49F6N11O11. The molecule has 7 amide bonds. The molecule has 67 heavy (non-hydrogen) atoms. The number of benzene rings is 2. The second kappa shape index (κ2) is 26.0. The Bertz CT molecular complexity index is 2120. The predicted octanol–water partition coefficient (Wildman–Crippen LogP) is 0.0596. The Balaban J connectivity index is 0.000000952. The van der Waals surface area contributed by atoms with Crippen LogP contribution in [0.15, 0.2) is 53.5 Å². The van der Waals surface area contributed by atoms with Crippen molar-refractivity contribution in [2.24, 2.45) is 16.5 Å². The van der Waals surface area contributed by atoms with Crippen LogP contribution in [-0.2, 0) is 38.4 Å². The van der Waals surface area contributed by atoms with Gasteiger partial charge < -0.3 is 42.9 Å². The average Bonchev–Trinajstić information content (AvgIpc) is 3.35. The first kappa shape index (κ1) is 55.8. The van der Waals surface area contributed by atoms with Crippen molar-refractivity contribution in [2.75, 3.05) is 49.5 Å². The minimum absolute atomic E-state index is 0.117. The van der Waals surface area contributed by atoms with Crippen LogP contribution < -0.4 is 48.3 Å². The van der Waals surface area contributed by atoms with Crippen molar-refractivity contribution in [3.8, 4) is 0 Å². The molecule has 2 aliphatic heterocycles. The molecule has 2 heterocycles. The number of carbonyl (C=O) groups excluding carboxylic acids is 7. The SMILES string of the molecule is CC(=O)NC(=O)[C@H](CCCN=C(N)N)NC(=O)[C@H](C)NC(=O)CNCC(=O)NC1CCN(CC(=O)N2c3ccccc3NC(=O)c3ccccc32)CC1.O=C(O)C(F)(F)F.O=C(O)C(F)(F)F. The topological polar surface area (TPSA) is 337 Å². The lowest BCUT2D eigenvalue weighted by molar-refractivity contribution is -0.193. The number of nitrogens with two attached hydrogens (primary N) is 2. The number of carbonyl (C=O) groups is 9. The highest BCUT2D eigenvalue weighted by molar-refractivity contribution is 6.18. The van der Waals surface area contributed by atoms with Crippen molar-refractivity contribution < 1.29 is 79.7 Å². The molecule has 2 aliphatic rings. The second-order valence-electron chi connectivity index (χ2n) is 14.4. The zero-order valence-electron chi connectivity index (χ0n) is 35.8. The molecular weight excluding hydrogens is 912 g/mol. The molecule has 12 N–H and O–H groups in total. The van der Waals surface area contributed by atoms with Gasteiger partial charge in [-0.2, -0.15) is 26.3 Å². The Kier molecular flexibility index (Phi) is 21.6. The summed E-state index contributed by atoms with van der Waals surface area (Å²) in [5, 5.41) is 30.0. The van der Waals surface area contributed by atoms with Gasteiger partial charge in [0.05, 0.1) is 42.3 Å². The van der Waals surface area contributed by atoms with Crippen LogP contribution in [0.5, 0.6) is 0 Å². The van der Waals surface area contributed by atoms with Crippen molar-refractivity contribution in [3.63, 3.8) is 0 Å². The van der Waals surface area contributed by atoms with Gasteiger partial charge in [0.1, 0.15) is 12.1 Å². The summed E-state index contributed by atoms with van der Waals surface area (Å²) < 4.78 is 63.5. The standard InChI is InChI=1S/C35H47N11O7.2C2HF3O2/c1-21(32(51)44-26(34(53)41-22(2)47)10-7-15-39-35(36)37)40-29(48)18-38-19-30(49)42-23-13-16-45(17-14-23)20-31(50)46-27-11-5-3-8-24(27)33(52)43-25-9-4-6-12-28(25)46;2*3-2(4,5)1(6)7/h3-6,8-9,11-12,21,23,26,38H,7,10,13-20H2,1-2H3,(H,40,48)(H,42,49)(H,43,52)(H,44,51)(H4,36,37,39)(H,41,47,53);2*(H,6,7)/t21-,26-;;/m0../s1. The molecule has 0 saturated carbocycles. The fourth-order valence-electron chi connectivity index (χ4n) is 5.98. The van der Waals surface area contributed by atoms with E-state index in [0.717, 1.165) is 0 Å². The smallest absolute Gasteiger partial charge is 0.475 e.